The first-order valence-electron chi connectivity index (χ1n) is 38.3. The molecule has 22 N–H and O–H groups in total. The standard InChI is InChI=1S/C73H107N21O19S2/c1-4-40(2)58-71(111)94-31-16-25-55(94)70(110)93-30-15-24-54(93)66(106)80-46(26-32-91-36-49(89-90-91)43-19-9-6-10-20-43)62(102)85-51(64(104)82-47(33-42-17-7-5-8-18-42)69(109)92-29-14-23-53(92)67(107)83-48(72(112)113)34-57(98)99)38-114-115-39-52(86-60(100)44(79-56(97)35-75)22-13-28-78-73(76)77)65(105)88-59(41(3)96)68(108)81-45(21-11-12-27-74)61(101)84-50(37-95)63(103)87-58/h5-10,17-20,36,40-41,44-48,50-55,58-59,95-96H,4,11-16,21-35,37-39,74-75H2,1-3H3,(H,79,97)(H,80,106)(H,81,108)(H,82,104)(H,83,107)(H,84,101)(H,85,102)(H,86,100)(H,87,103)(H,88,105)(H,98,99)(H,112,113)(H4,76,77,78)/t40-,41+,44-,45-,46-,47-,48-,50-,51-,52-,53-,54-,55-,58-,59-/m0/s1. The van der Waals surface area contributed by atoms with Gasteiger partial charge in [0.15, 0.2) is 5.96 Å². The highest BCUT2D eigenvalue weighted by Crippen LogP contribution is 2.29. The van der Waals surface area contributed by atoms with Crippen molar-refractivity contribution in [1.82, 2.24) is 82.9 Å². The summed E-state index contributed by atoms with van der Waals surface area (Å²) in [7, 11) is 1.60. The third-order valence-corrected chi connectivity index (χ3v) is 22.5. The number of fused-ring (bicyclic) bond motifs is 2. The fourth-order valence-electron chi connectivity index (χ4n) is 13.6. The Labute approximate surface area is 671 Å². The summed E-state index contributed by atoms with van der Waals surface area (Å²) in [5.74, 6) is -17.3. The lowest BCUT2D eigenvalue weighted by Crippen LogP contribution is -2.62. The van der Waals surface area contributed by atoms with E-state index in [0.29, 0.717) is 36.1 Å². The van der Waals surface area contributed by atoms with Gasteiger partial charge in [-0.05, 0) is 102 Å². The largest absolute Gasteiger partial charge is 0.481 e. The van der Waals surface area contributed by atoms with Crippen LogP contribution in [0.3, 0.4) is 0 Å². The highest BCUT2D eigenvalue weighted by molar-refractivity contribution is 8.76. The van der Waals surface area contributed by atoms with Gasteiger partial charge in [0, 0.05) is 56.2 Å². The van der Waals surface area contributed by atoms with E-state index in [9.17, 15) is 63.6 Å². The molecule has 0 radical (unpaired) electrons. The normalized spacial score (nSPS) is 23.8. The average Bonchev–Trinajstić information content (AvgIpc) is 1.68. The SMILES string of the molecule is CC[C@H](C)[C@@H]1NC(=O)[C@H](CO)NC(=O)[C@H](CCCCN)NC(=O)[C@H]([C@@H](C)O)NC(=O)[C@@H](NC(=O)[C@H](CCCN=C(N)N)NC(=O)CN)CSSC[C@@H](C(=O)N[C@@H](Cc2ccccc2)C(=O)N2CCC[C@H]2C(=O)N[C@@H](CC(=O)O)C(=O)O)NC(=O)[C@H](CCn2cc(-c3ccccc3)nn2)NC(=O)[C@@H]2CCCN2C(=O)[C@@H]2CCCN2C1=O. The topological polar surface area (TPSA) is 614 Å². The first-order chi connectivity index (χ1) is 55.0. The van der Waals surface area contributed by atoms with E-state index >= 15 is 28.8 Å². The molecule has 3 aromatic rings. The summed E-state index contributed by atoms with van der Waals surface area (Å²) in [5, 5.41) is 75.6. The number of guanidine groups is 1. The van der Waals surface area contributed by atoms with Crippen molar-refractivity contribution in [3.63, 3.8) is 0 Å². The molecule has 13 amide bonds. The highest BCUT2D eigenvalue weighted by atomic mass is 33.1. The summed E-state index contributed by atoms with van der Waals surface area (Å²) >= 11 is 0. The molecule has 115 heavy (non-hydrogen) atoms. The van der Waals surface area contributed by atoms with Crippen LogP contribution < -0.4 is 76.1 Å². The molecule has 0 unspecified atom stereocenters. The molecule has 2 aromatic carbocycles. The summed E-state index contributed by atoms with van der Waals surface area (Å²) in [6, 6.07) is -3.21. The molecule has 0 saturated carbocycles. The molecule has 0 bridgehead atoms. The minimum absolute atomic E-state index is 0.00791. The Hall–Kier alpha value is -10.6. The number of carbonyl (C=O) groups is 15. The van der Waals surface area contributed by atoms with Gasteiger partial charge in [-0.15, -0.1) is 5.10 Å². The van der Waals surface area contributed by atoms with Crippen molar-refractivity contribution >= 4 is 116 Å². The summed E-state index contributed by atoms with van der Waals surface area (Å²) in [5.41, 5.74) is 24.2. The number of aliphatic hydroxyl groups excluding tert-OH is 2. The second-order valence-corrected chi connectivity index (χ2v) is 31.1. The smallest absolute Gasteiger partial charge is 0.326 e. The number of carbonyl (C=O) groups excluding carboxylic acids is 13. The first kappa shape index (κ1) is 91.6. The fourth-order valence-corrected chi connectivity index (χ4v) is 16.0. The summed E-state index contributed by atoms with van der Waals surface area (Å²) in [6.07, 6.45) is -0.133. The lowest BCUT2D eigenvalue weighted by Gasteiger charge is -2.35. The molecular weight excluding hydrogens is 1540 g/mol. The van der Waals surface area contributed by atoms with Crippen LogP contribution in [-0.4, -0.2) is 287 Å². The number of nitrogens with zero attached hydrogens (tertiary/aromatic N) is 7. The number of likely N-dealkylation sites (tertiary alicyclic amines) is 1. The Morgan fingerprint density at radius 2 is 1.26 bits per heavy atom. The predicted molar refractivity (Wildman–Crippen MR) is 419 cm³/mol. The van der Waals surface area contributed by atoms with Gasteiger partial charge in [-0.2, -0.15) is 0 Å². The van der Waals surface area contributed by atoms with Crippen molar-refractivity contribution in [2.45, 2.75) is 208 Å². The Bertz CT molecular complexity index is 3920. The highest BCUT2D eigenvalue weighted by Gasteiger charge is 2.47. The lowest BCUT2D eigenvalue weighted by molar-refractivity contribution is -0.149. The maximum absolute atomic E-state index is 15.6. The van der Waals surface area contributed by atoms with Crippen LogP contribution in [0.2, 0.25) is 0 Å². The Balaban J connectivity index is 1.34. The molecule has 4 aliphatic heterocycles. The number of carboxylic acids is 2. The molecule has 4 saturated heterocycles. The molecule has 15 atom stereocenters. The van der Waals surface area contributed by atoms with Gasteiger partial charge in [0.25, 0.3) is 0 Å². The van der Waals surface area contributed by atoms with Gasteiger partial charge >= 0.3 is 11.9 Å². The second-order valence-electron chi connectivity index (χ2n) is 28.6. The van der Waals surface area contributed by atoms with Crippen molar-refractivity contribution in [2.75, 3.05) is 57.4 Å². The van der Waals surface area contributed by atoms with Crippen molar-refractivity contribution in [1.29, 1.82) is 0 Å². The molecular formula is C73H107N21O19S2. The van der Waals surface area contributed by atoms with E-state index in [-0.39, 0.29) is 116 Å². The van der Waals surface area contributed by atoms with Crippen molar-refractivity contribution in [3.05, 3.63) is 72.4 Å². The number of rotatable bonds is 30. The van der Waals surface area contributed by atoms with E-state index in [1.165, 1.54) is 14.5 Å². The zero-order chi connectivity index (χ0) is 84.0. The first-order valence-corrected chi connectivity index (χ1v) is 40.8. The third-order valence-electron chi connectivity index (χ3n) is 20.1. The molecule has 1 aromatic heterocycles. The van der Waals surface area contributed by atoms with Crippen LogP contribution in [0.5, 0.6) is 0 Å². The quantitative estimate of drug-likeness (QED) is 0.0128. The minimum atomic E-state index is -1.95. The number of aliphatic carboxylic acids is 2. The molecule has 4 fully saturated rings. The number of nitrogens with one attached hydrogen (secondary N) is 10. The number of hydrogen-bond donors (Lipinski definition) is 18. The van der Waals surface area contributed by atoms with Gasteiger partial charge < -0.3 is 111 Å². The minimum Gasteiger partial charge on any atom is -0.481 e. The number of aliphatic hydroxyl groups is 2. The number of unbranched alkanes of at least 4 members (excludes halogenated alkanes) is 1. The number of carboxylic acid groups (broad SMARTS) is 2. The van der Waals surface area contributed by atoms with Crippen LogP contribution in [0, 0.1) is 5.92 Å². The second kappa shape index (κ2) is 45.5. The lowest BCUT2D eigenvalue weighted by atomic mass is 9.96. The molecule has 42 heteroatoms. The Kier molecular flexibility index (Phi) is 36.3. The molecule has 7 rings (SSSR count). The molecule has 630 valence electrons. The number of nitrogens with two attached hydrogens (primary N) is 4. The summed E-state index contributed by atoms with van der Waals surface area (Å²) < 4.78 is 1.41. The molecule has 40 nitrogen and oxygen atoms in total. The number of aliphatic imine (C=N–C) groups is 1. The van der Waals surface area contributed by atoms with Crippen LogP contribution in [0.1, 0.15) is 116 Å². The van der Waals surface area contributed by atoms with Gasteiger partial charge in [-0.1, -0.05) is 108 Å². The van der Waals surface area contributed by atoms with Gasteiger partial charge in [0.1, 0.15) is 84.2 Å². The van der Waals surface area contributed by atoms with E-state index < -0.39 is 210 Å². The Morgan fingerprint density at radius 1 is 0.652 bits per heavy atom. The van der Waals surface area contributed by atoms with Gasteiger partial charge in [-0.3, -0.25) is 76.8 Å². The predicted octanol–water partition coefficient (Wildman–Crippen LogP) is -5.09. The number of benzene rings is 2. The monoisotopic (exact) mass is 1650 g/mol. The van der Waals surface area contributed by atoms with E-state index in [4.69, 9.17) is 22.9 Å². The number of aryl methyl sites for hydroxylation is 1. The molecule has 0 aliphatic carbocycles. The van der Waals surface area contributed by atoms with E-state index in [1.807, 2.05) is 0 Å². The molecule has 0 spiro atoms. The average molecular weight is 1650 g/mol. The van der Waals surface area contributed by atoms with Gasteiger partial charge in [0.2, 0.25) is 76.8 Å². The fraction of sp³-hybridized carbons (Fsp3) is 0.589. The van der Waals surface area contributed by atoms with Gasteiger partial charge in [0.05, 0.1) is 31.9 Å². The molecule has 5 heterocycles. The zero-order valence-electron chi connectivity index (χ0n) is 64.4. The van der Waals surface area contributed by atoms with Crippen LogP contribution >= 0.6 is 21.6 Å². The zero-order valence-corrected chi connectivity index (χ0v) is 66.0. The molecule has 4 aliphatic rings. The van der Waals surface area contributed by atoms with Crippen LogP contribution in [-0.2, 0) is 84.9 Å². The summed E-state index contributed by atoms with van der Waals surface area (Å²) in [6.45, 7) is 2.89. The van der Waals surface area contributed by atoms with Crippen molar-refractivity contribution in [3.8, 4) is 11.3 Å². The van der Waals surface area contributed by atoms with Crippen molar-refractivity contribution < 1.29 is 92.3 Å². The van der Waals surface area contributed by atoms with Crippen molar-refractivity contribution in [2.24, 2.45) is 33.8 Å². The van der Waals surface area contributed by atoms with Gasteiger partial charge in [-0.25, -0.2) is 4.79 Å². The Morgan fingerprint density at radius 3 is 1.90 bits per heavy atom. The van der Waals surface area contributed by atoms with E-state index in [2.05, 4.69) is 68.5 Å². The van der Waals surface area contributed by atoms with Crippen LogP contribution in [0.4, 0.5) is 0 Å². The van der Waals surface area contributed by atoms with E-state index in [1.54, 1.807) is 80.7 Å². The van der Waals surface area contributed by atoms with Crippen LogP contribution in [0.25, 0.3) is 11.3 Å². The summed E-state index contributed by atoms with van der Waals surface area (Å²) in [4.78, 5) is 223. The van der Waals surface area contributed by atoms with E-state index in [0.717, 1.165) is 33.4 Å². The third kappa shape index (κ3) is 27.0. The van der Waals surface area contributed by atoms with Crippen LogP contribution in [0.15, 0.2) is 71.9 Å². The number of amides is 13. The maximum atomic E-state index is 15.6. The number of aromatic nitrogens is 3. The maximum Gasteiger partial charge on any atom is 0.326 e. The number of hydrogen-bond acceptors (Lipinski definition) is 24.